The standard InChI is InChI=1S/C26H26ClN7O/c1-3-22(35)13-17-11-18(14-19(27)12-17)24-23-16-28-32-25(23)31-26(30-24)29-20-5-4-6-21(15-20)34-9-7-33(2)8-10-34/h3-6,11-12,14-16H,1,7-10,13H2,2H3,(H2,28,29,30,31,32). The van der Waals surface area contributed by atoms with Gasteiger partial charge in [-0.15, -0.1) is 0 Å². The quantitative estimate of drug-likeness (QED) is 0.372. The number of halogens is 1. The lowest BCUT2D eigenvalue weighted by atomic mass is 10.0. The molecule has 1 aliphatic rings. The highest BCUT2D eigenvalue weighted by molar-refractivity contribution is 6.31. The predicted octanol–water partition coefficient (Wildman–Crippen LogP) is 4.47. The Balaban J connectivity index is 1.48. The molecule has 5 rings (SSSR count). The van der Waals surface area contributed by atoms with Crippen molar-refractivity contribution >= 4 is 45.7 Å². The molecule has 4 aromatic rings. The fraction of sp³-hybridized carbons (Fsp3) is 0.231. The third-order valence-electron chi connectivity index (χ3n) is 6.12. The summed E-state index contributed by atoms with van der Waals surface area (Å²) in [5.41, 5.74) is 4.93. The summed E-state index contributed by atoms with van der Waals surface area (Å²) in [7, 11) is 2.15. The number of nitrogens with zero attached hydrogens (tertiary/aromatic N) is 5. The van der Waals surface area contributed by atoms with Gasteiger partial charge in [-0.05, 0) is 55.1 Å². The normalized spacial score (nSPS) is 14.3. The van der Waals surface area contributed by atoms with Gasteiger partial charge in [0.2, 0.25) is 5.95 Å². The Bertz CT molecular complexity index is 1390. The molecular weight excluding hydrogens is 462 g/mol. The lowest BCUT2D eigenvalue weighted by molar-refractivity contribution is -0.114. The molecule has 3 heterocycles. The number of nitrogens with one attached hydrogen (secondary N) is 2. The third-order valence-corrected chi connectivity index (χ3v) is 6.34. The Labute approximate surface area is 208 Å². The summed E-state index contributed by atoms with van der Waals surface area (Å²) in [6, 6.07) is 13.8. The van der Waals surface area contributed by atoms with Gasteiger partial charge in [-0.25, -0.2) is 4.98 Å². The van der Waals surface area contributed by atoms with Crippen molar-refractivity contribution in [2.45, 2.75) is 6.42 Å². The molecule has 35 heavy (non-hydrogen) atoms. The van der Waals surface area contributed by atoms with Crippen LogP contribution in [0.2, 0.25) is 5.02 Å². The Hall–Kier alpha value is -3.75. The fourth-order valence-corrected chi connectivity index (χ4v) is 4.51. The van der Waals surface area contributed by atoms with E-state index < -0.39 is 0 Å². The lowest BCUT2D eigenvalue weighted by Gasteiger charge is -2.34. The monoisotopic (exact) mass is 487 g/mol. The molecule has 2 N–H and O–H groups in total. The first-order valence-electron chi connectivity index (χ1n) is 11.5. The molecule has 0 bridgehead atoms. The minimum atomic E-state index is -0.0723. The van der Waals surface area contributed by atoms with Crippen molar-refractivity contribution in [2.75, 3.05) is 43.4 Å². The van der Waals surface area contributed by atoms with E-state index in [1.54, 1.807) is 12.3 Å². The summed E-state index contributed by atoms with van der Waals surface area (Å²) in [5, 5.41) is 11.7. The van der Waals surface area contributed by atoms with Crippen LogP contribution in [0.1, 0.15) is 5.56 Å². The average molecular weight is 488 g/mol. The zero-order valence-corrected chi connectivity index (χ0v) is 20.2. The lowest BCUT2D eigenvalue weighted by Crippen LogP contribution is -2.44. The van der Waals surface area contributed by atoms with E-state index in [9.17, 15) is 4.79 Å². The van der Waals surface area contributed by atoms with Gasteiger partial charge in [0.25, 0.3) is 0 Å². The highest BCUT2D eigenvalue weighted by Gasteiger charge is 2.16. The number of benzene rings is 2. The average Bonchev–Trinajstić information content (AvgIpc) is 3.32. The van der Waals surface area contributed by atoms with Gasteiger partial charge in [0.1, 0.15) is 0 Å². The number of ketones is 1. The largest absolute Gasteiger partial charge is 0.369 e. The number of aromatic amines is 1. The van der Waals surface area contributed by atoms with Crippen LogP contribution in [0.5, 0.6) is 0 Å². The molecule has 2 aromatic carbocycles. The van der Waals surface area contributed by atoms with Crippen molar-refractivity contribution in [3.8, 4) is 11.3 Å². The topological polar surface area (TPSA) is 90.0 Å². The summed E-state index contributed by atoms with van der Waals surface area (Å²) in [5.74, 6) is 0.368. The van der Waals surface area contributed by atoms with Crippen LogP contribution in [0.25, 0.3) is 22.3 Å². The minimum absolute atomic E-state index is 0.0723. The molecule has 9 heteroatoms. The van der Waals surface area contributed by atoms with Gasteiger partial charge in [0, 0.05) is 54.6 Å². The first kappa shape index (κ1) is 23.0. The number of allylic oxidation sites excluding steroid dienone is 1. The van der Waals surface area contributed by atoms with Gasteiger partial charge in [-0.1, -0.05) is 24.2 Å². The summed E-state index contributed by atoms with van der Waals surface area (Å²) in [6.45, 7) is 7.62. The van der Waals surface area contributed by atoms with E-state index in [2.05, 4.69) is 56.1 Å². The molecule has 0 aliphatic carbocycles. The zero-order valence-electron chi connectivity index (χ0n) is 19.5. The van der Waals surface area contributed by atoms with Crippen molar-refractivity contribution < 1.29 is 4.79 Å². The highest BCUT2D eigenvalue weighted by Crippen LogP contribution is 2.31. The molecule has 0 radical (unpaired) electrons. The minimum Gasteiger partial charge on any atom is -0.369 e. The van der Waals surface area contributed by atoms with Crippen LogP contribution in [0, 0.1) is 0 Å². The van der Waals surface area contributed by atoms with E-state index >= 15 is 0 Å². The number of piperazine rings is 1. The van der Waals surface area contributed by atoms with Crippen molar-refractivity contribution in [1.29, 1.82) is 0 Å². The molecule has 0 amide bonds. The maximum atomic E-state index is 11.9. The van der Waals surface area contributed by atoms with Crippen molar-refractivity contribution in [2.24, 2.45) is 0 Å². The van der Waals surface area contributed by atoms with Crippen LogP contribution in [-0.4, -0.2) is 64.1 Å². The van der Waals surface area contributed by atoms with E-state index in [-0.39, 0.29) is 12.2 Å². The molecular formula is C26H26ClN7O. The van der Waals surface area contributed by atoms with Crippen LogP contribution < -0.4 is 10.2 Å². The highest BCUT2D eigenvalue weighted by atomic mass is 35.5. The maximum Gasteiger partial charge on any atom is 0.229 e. The van der Waals surface area contributed by atoms with Crippen LogP contribution in [0.3, 0.4) is 0 Å². The molecule has 178 valence electrons. The molecule has 2 aromatic heterocycles. The van der Waals surface area contributed by atoms with E-state index in [1.807, 2.05) is 24.3 Å². The Morgan fingerprint density at radius 3 is 2.80 bits per heavy atom. The van der Waals surface area contributed by atoms with Crippen LogP contribution in [-0.2, 0) is 11.2 Å². The van der Waals surface area contributed by atoms with E-state index in [0.29, 0.717) is 22.3 Å². The van der Waals surface area contributed by atoms with Gasteiger partial charge in [0.05, 0.1) is 17.3 Å². The molecule has 0 spiro atoms. The third kappa shape index (κ3) is 5.18. The number of hydrogen-bond acceptors (Lipinski definition) is 7. The van der Waals surface area contributed by atoms with Gasteiger partial charge in [-0.2, -0.15) is 10.1 Å². The van der Waals surface area contributed by atoms with Crippen LogP contribution in [0.15, 0.2) is 61.3 Å². The number of hydrogen-bond donors (Lipinski definition) is 2. The molecule has 1 saturated heterocycles. The fourth-order valence-electron chi connectivity index (χ4n) is 4.25. The number of likely N-dealkylation sites (N-methyl/N-ethyl adjacent to an activating group) is 1. The predicted molar refractivity (Wildman–Crippen MR) is 140 cm³/mol. The smallest absolute Gasteiger partial charge is 0.229 e. The van der Waals surface area contributed by atoms with E-state index in [4.69, 9.17) is 16.6 Å². The van der Waals surface area contributed by atoms with Crippen LogP contribution in [0.4, 0.5) is 17.3 Å². The number of carbonyl (C=O) groups excluding carboxylic acids is 1. The van der Waals surface area contributed by atoms with Crippen molar-refractivity contribution in [1.82, 2.24) is 25.1 Å². The van der Waals surface area contributed by atoms with Crippen molar-refractivity contribution in [3.63, 3.8) is 0 Å². The molecule has 8 nitrogen and oxygen atoms in total. The molecule has 1 fully saturated rings. The summed E-state index contributed by atoms with van der Waals surface area (Å²) >= 11 is 6.39. The van der Waals surface area contributed by atoms with E-state index in [0.717, 1.165) is 54.1 Å². The second-order valence-electron chi connectivity index (χ2n) is 8.69. The van der Waals surface area contributed by atoms with E-state index in [1.165, 1.54) is 6.08 Å². The zero-order chi connectivity index (χ0) is 24.4. The Kier molecular flexibility index (Phi) is 6.48. The second kappa shape index (κ2) is 9.85. The number of H-pyrrole nitrogens is 1. The number of fused-ring (bicyclic) bond motifs is 1. The maximum absolute atomic E-state index is 11.9. The molecule has 0 saturated carbocycles. The molecule has 0 unspecified atom stereocenters. The molecule has 0 atom stereocenters. The first-order chi connectivity index (χ1) is 17.0. The number of carbonyl (C=O) groups is 1. The Morgan fingerprint density at radius 2 is 2.00 bits per heavy atom. The number of anilines is 3. The van der Waals surface area contributed by atoms with Gasteiger partial charge >= 0.3 is 0 Å². The van der Waals surface area contributed by atoms with Gasteiger partial charge in [0.15, 0.2) is 11.4 Å². The Morgan fingerprint density at radius 1 is 1.17 bits per heavy atom. The number of aromatic nitrogens is 4. The first-order valence-corrected chi connectivity index (χ1v) is 11.8. The van der Waals surface area contributed by atoms with Gasteiger partial charge < -0.3 is 15.1 Å². The second-order valence-corrected chi connectivity index (χ2v) is 9.13. The molecule has 1 aliphatic heterocycles. The summed E-state index contributed by atoms with van der Waals surface area (Å²) < 4.78 is 0. The number of rotatable bonds is 7. The summed E-state index contributed by atoms with van der Waals surface area (Å²) in [4.78, 5) is 26.0. The van der Waals surface area contributed by atoms with Gasteiger partial charge in [-0.3, -0.25) is 9.89 Å². The SMILES string of the molecule is C=CC(=O)Cc1cc(Cl)cc(-c2nc(Nc3cccc(N4CCN(C)CC4)c3)nc3[nH]ncc23)c1. The van der Waals surface area contributed by atoms with Crippen LogP contribution >= 0.6 is 11.6 Å². The van der Waals surface area contributed by atoms with Crippen molar-refractivity contribution in [3.05, 3.63) is 71.9 Å². The summed E-state index contributed by atoms with van der Waals surface area (Å²) in [6.07, 6.45) is 3.23.